The van der Waals surface area contributed by atoms with Gasteiger partial charge in [0, 0.05) is 12.7 Å². The van der Waals surface area contributed by atoms with Crippen LogP contribution in [0.1, 0.15) is 62.8 Å². The number of nitrogens with zero attached hydrogens (tertiary/aromatic N) is 1. The molecular formula is C24H29F2NO. The Bertz CT molecular complexity index is 721. The van der Waals surface area contributed by atoms with Gasteiger partial charge in [-0.05, 0) is 86.8 Å². The van der Waals surface area contributed by atoms with Gasteiger partial charge in [-0.2, -0.15) is 5.26 Å². The van der Waals surface area contributed by atoms with E-state index in [0.29, 0.717) is 23.9 Å². The maximum Gasteiger partial charge on any atom is 0.159 e. The van der Waals surface area contributed by atoms with Gasteiger partial charge >= 0.3 is 0 Å². The van der Waals surface area contributed by atoms with Crippen LogP contribution in [0.15, 0.2) is 42.5 Å². The van der Waals surface area contributed by atoms with E-state index in [1.165, 1.54) is 43.9 Å². The predicted molar refractivity (Wildman–Crippen MR) is 107 cm³/mol. The monoisotopic (exact) mass is 385 g/mol. The zero-order valence-electron chi connectivity index (χ0n) is 16.3. The highest BCUT2D eigenvalue weighted by atomic mass is 19.2. The minimum Gasteiger partial charge on any atom is -0.378 e. The van der Waals surface area contributed by atoms with Crippen LogP contribution in [-0.2, 0) is 4.74 Å². The molecule has 0 aromatic heterocycles. The van der Waals surface area contributed by atoms with E-state index in [4.69, 9.17) is 10.00 Å². The number of benzene rings is 1. The minimum atomic E-state index is -0.774. The van der Waals surface area contributed by atoms with Crippen LogP contribution >= 0.6 is 0 Å². The van der Waals surface area contributed by atoms with Crippen LogP contribution in [0.5, 0.6) is 0 Å². The molecule has 1 aromatic carbocycles. The van der Waals surface area contributed by atoms with Crippen LogP contribution in [-0.4, -0.2) is 12.7 Å². The van der Waals surface area contributed by atoms with Crippen LogP contribution in [0.2, 0.25) is 0 Å². The van der Waals surface area contributed by atoms with Crippen molar-refractivity contribution in [3.63, 3.8) is 0 Å². The second-order valence-electron chi connectivity index (χ2n) is 8.13. The summed E-state index contributed by atoms with van der Waals surface area (Å²) in [5, 5.41) is 8.48. The molecule has 2 fully saturated rings. The summed E-state index contributed by atoms with van der Waals surface area (Å²) in [5.41, 5.74) is 0.911. The van der Waals surface area contributed by atoms with E-state index in [0.717, 1.165) is 37.9 Å². The maximum absolute atomic E-state index is 13.4. The lowest BCUT2D eigenvalue weighted by Crippen LogP contribution is -2.25. The van der Waals surface area contributed by atoms with Crippen LogP contribution < -0.4 is 0 Å². The largest absolute Gasteiger partial charge is 0.378 e. The van der Waals surface area contributed by atoms with Gasteiger partial charge < -0.3 is 4.74 Å². The van der Waals surface area contributed by atoms with Gasteiger partial charge in [0.1, 0.15) is 0 Å². The van der Waals surface area contributed by atoms with E-state index >= 15 is 0 Å². The molecule has 3 rings (SSSR count). The molecule has 0 radical (unpaired) electrons. The number of rotatable bonds is 6. The molecule has 0 amide bonds. The topological polar surface area (TPSA) is 33.0 Å². The molecule has 0 saturated heterocycles. The highest BCUT2D eigenvalue weighted by Crippen LogP contribution is 2.36. The van der Waals surface area contributed by atoms with Crippen molar-refractivity contribution in [1.82, 2.24) is 0 Å². The van der Waals surface area contributed by atoms with Crippen molar-refractivity contribution in [1.29, 1.82) is 5.26 Å². The van der Waals surface area contributed by atoms with Gasteiger partial charge in [0.05, 0.1) is 12.2 Å². The third-order valence-electron chi connectivity index (χ3n) is 6.21. The SMILES string of the molecule is N#CC=CC=CC1CCC(COC2CCC(c3ccc(F)c(F)c3)CC2)CC1. The molecule has 2 aliphatic rings. The minimum absolute atomic E-state index is 0.301. The number of allylic oxidation sites excluding steroid dienone is 4. The Labute approximate surface area is 166 Å². The lowest BCUT2D eigenvalue weighted by Gasteiger charge is -2.32. The third-order valence-corrected chi connectivity index (χ3v) is 6.21. The van der Waals surface area contributed by atoms with Gasteiger partial charge in [-0.3, -0.25) is 0 Å². The van der Waals surface area contributed by atoms with E-state index in [9.17, 15) is 8.78 Å². The summed E-state index contributed by atoms with van der Waals surface area (Å²) in [7, 11) is 0. The highest BCUT2D eigenvalue weighted by Gasteiger charge is 2.25. The molecule has 2 saturated carbocycles. The van der Waals surface area contributed by atoms with Crippen LogP contribution in [0.4, 0.5) is 8.78 Å². The molecule has 2 nitrogen and oxygen atoms in total. The Morgan fingerprint density at radius 1 is 0.964 bits per heavy atom. The first kappa shape index (κ1) is 20.7. The van der Waals surface area contributed by atoms with Gasteiger partial charge in [-0.15, -0.1) is 0 Å². The Balaban J connectivity index is 1.35. The van der Waals surface area contributed by atoms with Crippen molar-refractivity contribution in [2.24, 2.45) is 11.8 Å². The van der Waals surface area contributed by atoms with Gasteiger partial charge in [0.15, 0.2) is 11.6 Å². The van der Waals surface area contributed by atoms with Crippen LogP contribution in [0, 0.1) is 34.8 Å². The summed E-state index contributed by atoms with van der Waals surface area (Å²) in [6, 6.07) is 6.30. The fraction of sp³-hybridized carbons (Fsp3) is 0.542. The normalized spacial score (nSPS) is 28.6. The van der Waals surface area contributed by atoms with Crippen molar-refractivity contribution in [2.75, 3.05) is 6.61 Å². The van der Waals surface area contributed by atoms with Crippen molar-refractivity contribution in [2.45, 2.75) is 63.4 Å². The molecule has 150 valence electrons. The first-order valence-corrected chi connectivity index (χ1v) is 10.4. The van der Waals surface area contributed by atoms with Gasteiger partial charge in [-0.1, -0.05) is 24.3 Å². The molecular weight excluding hydrogens is 356 g/mol. The first-order valence-electron chi connectivity index (χ1n) is 10.4. The molecule has 28 heavy (non-hydrogen) atoms. The average Bonchev–Trinajstić information content (AvgIpc) is 2.73. The van der Waals surface area contributed by atoms with Crippen molar-refractivity contribution >= 4 is 0 Å². The summed E-state index contributed by atoms with van der Waals surface area (Å²) in [6.45, 7) is 0.839. The second kappa shape index (κ2) is 10.5. The number of nitriles is 1. The highest BCUT2D eigenvalue weighted by molar-refractivity contribution is 5.22. The molecule has 0 unspecified atom stereocenters. The molecule has 2 aliphatic carbocycles. The molecule has 0 aliphatic heterocycles. The van der Waals surface area contributed by atoms with E-state index in [1.807, 2.05) is 12.1 Å². The fourth-order valence-corrected chi connectivity index (χ4v) is 4.47. The van der Waals surface area contributed by atoms with Gasteiger partial charge in [-0.25, -0.2) is 8.78 Å². The van der Waals surface area contributed by atoms with Gasteiger partial charge in [0.25, 0.3) is 0 Å². The van der Waals surface area contributed by atoms with E-state index in [1.54, 1.807) is 12.1 Å². The van der Waals surface area contributed by atoms with Crippen molar-refractivity contribution in [3.05, 3.63) is 59.7 Å². The van der Waals surface area contributed by atoms with Gasteiger partial charge in [0.2, 0.25) is 0 Å². The second-order valence-corrected chi connectivity index (χ2v) is 8.13. The lowest BCUT2D eigenvalue weighted by atomic mass is 9.81. The molecule has 4 heteroatoms. The summed E-state index contributed by atoms with van der Waals surface area (Å²) in [5.74, 6) is 0.0497. The van der Waals surface area contributed by atoms with Crippen LogP contribution in [0.3, 0.4) is 0 Å². The third kappa shape index (κ3) is 6.01. The Kier molecular flexibility index (Phi) is 7.80. The van der Waals surface area contributed by atoms with Crippen LogP contribution in [0.25, 0.3) is 0 Å². The smallest absolute Gasteiger partial charge is 0.159 e. The van der Waals surface area contributed by atoms with E-state index < -0.39 is 11.6 Å². The zero-order valence-corrected chi connectivity index (χ0v) is 16.3. The summed E-state index contributed by atoms with van der Waals surface area (Å²) in [4.78, 5) is 0. The molecule has 0 spiro atoms. The zero-order chi connectivity index (χ0) is 19.8. The number of hydrogen-bond acceptors (Lipinski definition) is 2. The molecule has 0 atom stereocenters. The van der Waals surface area contributed by atoms with E-state index in [-0.39, 0.29) is 0 Å². The van der Waals surface area contributed by atoms with Crippen molar-refractivity contribution in [3.8, 4) is 6.07 Å². The number of halogens is 2. The summed E-state index contributed by atoms with van der Waals surface area (Å²) < 4.78 is 32.8. The van der Waals surface area contributed by atoms with Crippen molar-refractivity contribution < 1.29 is 13.5 Å². The Hall–Kier alpha value is -1.99. The quantitative estimate of drug-likeness (QED) is 0.416. The van der Waals surface area contributed by atoms with E-state index in [2.05, 4.69) is 6.08 Å². The summed E-state index contributed by atoms with van der Waals surface area (Å²) >= 11 is 0. The standard InChI is InChI=1S/C24H29F2NO/c25-23-14-11-21(16-24(23)26)20-9-12-22(13-10-20)28-17-19-7-5-18(6-8-19)4-2-1-3-15-27/h1-4,11,14,16,18-20,22H,5-10,12-13,17H2. The first-order chi connectivity index (χ1) is 13.7. The summed E-state index contributed by atoms with van der Waals surface area (Å²) in [6.07, 6.45) is 16.5. The number of ether oxygens (including phenoxy) is 1. The molecule has 0 bridgehead atoms. The molecule has 0 N–H and O–H groups in total. The average molecular weight is 385 g/mol. The Morgan fingerprint density at radius 2 is 1.71 bits per heavy atom. The Morgan fingerprint density at radius 3 is 2.39 bits per heavy atom. The fourth-order valence-electron chi connectivity index (χ4n) is 4.47. The molecule has 0 heterocycles. The maximum atomic E-state index is 13.4. The number of hydrogen-bond donors (Lipinski definition) is 0. The lowest BCUT2D eigenvalue weighted by molar-refractivity contribution is -0.00339. The molecule has 1 aromatic rings. The predicted octanol–water partition coefficient (Wildman–Crippen LogP) is 6.45.